The van der Waals surface area contributed by atoms with Crippen LogP contribution in [0, 0.1) is 0 Å². The first-order valence-electron chi connectivity index (χ1n) is 6.96. The highest BCUT2D eigenvalue weighted by atomic mass is 35.5. The molecule has 0 atom stereocenters. The fourth-order valence-electron chi connectivity index (χ4n) is 2.43. The highest BCUT2D eigenvalue weighted by Gasteiger charge is 2.15. The lowest BCUT2D eigenvalue weighted by molar-refractivity contribution is 0.519. The van der Waals surface area contributed by atoms with Crippen molar-refractivity contribution >= 4 is 33.2 Å². The van der Waals surface area contributed by atoms with E-state index in [1.54, 1.807) is 24.3 Å². The Kier molecular flexibility index (Phi) is 3.48. The van der Waals surface area contributed by atoms with E-state index >= 15 is 0 Å². The van der Waals surface area contributed by atoms with Crippen molar-refractivity contribution in [2.75, 3.05) is 0 Å². The number of fused-ring (bicyclic) bond motifs is 1. The Balaban J connectivity index is 1.91. The van der Waals surface area contributed by atoms with Crippen LogP contribution < -0.4 is 5.63 Å². The van der Waals surface area contributed by atoms with Gasteiger partial charge in [0.05, 0.1) is 0 Å². The van der Waals surface area contributed by atoms with Crippen LogP contribution in [0.4, 0.5) is 0 Å². The van der Waals surface area contributed by atoms with Gasteiger partial charge in [-0.25, -0.2) is 9.78 Å². The molecule has 5 heteroatoms. The fraction of sp³-hybridized carbons (Fsp3) is 0. The Morgan fingerprint density at radius 1 is 0.957 bits per heavy atom. The number of thiophene rings is 1. The number of nitrogens with zero attached hydrogens (tertiary/aromatic N) is 1. The molecule has 0 N–H and O–H groups in total. The molecule has 2 aromatic heterocycles. The summed E-state index contributed by atoms with van der Waals surface area (Å²) in [6.07, 6.45) is 0. The molecule has 23 heavy (non-hydrogen) atoms. The van der Waals surface area contributed by atoms with Crippen LogP contribution in [0.2, 0.25) is 5.02 Å². The Labute approximate surface area is 140 Å². The zero-order chi connectivity index (χ0) is 15.8. The summed E-state index contributed by atoms with van der Waals surface area (Å²) >= 11 is 7.32. The minimum absolute atomic E-state index is 0.306. The molecule has 4 aromatic rings. The van der Waals surface area contributed by atoms with Crippen LogP contribution >= 0.6 is 22.9 Å². The lowest BCUT2D eigenvalue weighted by Gasteiger charge is -2.01. The van der Waals surface area contributed by atoms with Gasteiger partial charge in [0.1, 0.15) is 10.2 Å². The number of hydrogen-bond donors (Lipinski definition) is 0. The SMILES string of the molecule is O=c1oc(-c2ccc(Cl)cc2)nc2scc(-c3ccccc3)c12. The van der Waals surface area contributed by atoms with Crippen LogP contribution in [0.25, 0.3) is 32.8 Å². The number of hydrogen-bond acceptors (Lipinski definition) is 4. The molecule has 112 valence electrons. The maximum atomic E-state index is 12.5. The van der Waals surface area contributed by atoms with E-state index in [1.807, 2.05) is 35.7 Å². The van der Waals surface area contributed by atoms with Crippen LogP contribution in [0.5, 0.6) is 0 Å². The second-order valence-electron chi connectivity index (χ2n) is 5.01. The van der Waals surface area contributed by atoms with Gasteiger partial charge in [0.15, 0.2) is 0 Å². The Hall–Kier alpha value is -2.43. The van der Waals surface area contributed by atoms with E-state index in [0.717, 1.165) is 16.7 Å². The molecule has 0 radical (unpaired) electrons. The highest BCUT2D eigenvalue weighted by Crippen LogP contribution is 2.32. The number of benzene rings is 2. The summed E-state index contributed by atoms with van der Waals surface area (Å²) in [5, 5.41) is 3.09. The highest BCUT2D eigenvalue weighted by molar-refractivity contribution is 7.17. The summed E-state index contributed by atoms with van der Waals surface area (Å²) in [6.45, 7) is 0. The van der Waals surface area contributed by atoms with Crippen molar-refractivity contribution in [3.63, 3.8) is 0 Å². The van der Waals surface area contributed by atoms with Gasteiger partial charge in [-0.15, -0.1) is 11.3 Å². The molecular weight excluding hydrogens is 330 g/mol. The van der Waals surface area contributed by atoms with E-state index < -0.39 is 0 Å². The van der Waals surface area contributed by atoms with Crippen molar-refractivity contribution in [2.45, 2.75) is 0 Å². The molecule has 0 aliphatic carbocycles. The van der Waals surface area contributed by atoms with Crippen molar-refractivity contribution in [1.29, 1.82) is 0 Å². The van der Waals surface area contributed by atoms with Gasteiger partial charge < -0.3 is 4.42 Å². The van der Waals surface area contributed by atoms with E-state index in [4.69, 9.17) is 16.0 Å². The Morgan fingerprint density at radius 3 is 2.43 bits per heavy atom. The van der Waals surface area contributed by atoms with E-state index in [0.29, 0.717) is 21.1 Å². The molecule has 4 rings (SSSR count). The summed E-state index contributed by atoms with van der Waals surface area (Å²) in [6, 6.07) is 16.8. The summed E-state index contributed by atoms with van der Waals surface area (Å²) in [7, 11) is 0. The van der Waals surface area contributed by atoms with Gasteiger partial charge >= 0.3 is 5.63 Å². The van der Waals surface area contributed by atoms with E-state index in [9.17, 15) is 4.79 Å². The lowest BCUT2D eigenvalue weighted by Crippen LogP contribution is -2.02. The van der Waals surface area contributed by atoms with Gasteiger partial charge in [-0.05, 0) is 29.8 Å². The zero-order valence-electron chi connectivity index (χ0n) is 11.8. The normalized spacial score (nSPS) is 11.0. The van der Waals surface area contributed by atoms with Crippen LogP contribution in [-0.4, -0.2) is 4.98 Å². The molecule has 0 saturated carbocycles. The minimum atomic E-state index is -0.375. The lowest BCUT2D eigenvalue weighted by atomic mass is 10.1. The number of aromatic nitrogens is 1. The first-order chi connectivity index (χ1) is 11.2. The molecule has 0 fully saturated rings. The number of rotatable bonds is 2. The van der Waals surface area contributed by atoms with Crippen molar-refractivity contribution in [2.24, 2.45) is 0 Å². The van der Waals surface area contributed by atoms with Crippen molar-refractivity contribution in [1.82, 2.24) is 4.98 Å². The molecular formula is C18H10ClNO2S. The molecule has 0 bridgehead atoms. The average molecular weight is 340 g/mol. The molecule has 0 saturated heterocycles. The Bertz CT molecular complexity index is 1040. The molecule has 2 aromatic carbocycles. The quantitative estimate of drug-likeness (QED) is 0.501. The van der Waals surface area contributed by atoms with Gasteiger partial charge in [-0.1, -0.05) is 41.9 Å². The molecule has 2 heterocycles. The molecule has 3 nitrogen and oxygen atoms in total. The molecule has 0 amide bonds. The van der Waals surface area contributed by atoms with Crippen LogP contribution in [0.15, 0.2) is 69.2 Å². The summed E-state index contributed by atoms with van der Waals surface area (Å²) in [5.41, 5.74) is 2.18. The van der Waals surface area contributed by atoms with Crippen LogP contribution in [0.1, 0.15) is 0 Å². The standard InChI is InChI=1S/C18H10ClNO2S/c19-13-8-6-12(7-9-13)16-20-17-15(18(21)22-16)14(10-23-17)11-4-2-1-3-5-11/h1-10H. The zero-order valence-corrected chi connectivity index (χ0v) is 13.4. The average Bonchev–Trinajstić information content (AvgIpc) is 3.01. The smallest absolute Gasteiger partial charge is 0.348 e. The molecule has 0 spiro atoms. The van der Waals surface area contributed by atoms with Gasteiger partial charge in [0.25, 0.3) is 0 Å². The molecule has 0 aliphatic heterocycles. The van der Waals surface area contributed by atoms with Gasteiger partial charge in [-0.3, -0.25) is 0 Å². The Morgan fingerprint density at radius 2 is 1.70 bits per heavy atom. The first-order valence-corrected chi connectivity index (χ1v) is 8.22. The maximum absolute atomic E-state index is 12.5. The maximum Gasteiger partial charge on any atom is 0.348 e. The van der Waals surface area contributed by atoms with Crippen molar-refractivity contribution < 1.29 is 4.42 Å². The van der Waals surface area contributed by atoms with Crippen molar-refractivity contribution in [3.8, 4) is 22.6 Å². The van der Waals surface area contributed by atoms with Gasteiger partial charge in [0, 0.05) is 21.5 Å². The van der Waals surface area contributed by atoms with Crippen molar-refractivity contribution in [3.05, 3.63) is 75.4 Å². The second-order valence-corrected chi connectivity index (χ2v) is 6.30. The van der Waals surface area contributed by atoms with E-state index in [2.05, 4.69) is 4.98 Å². The topological polar surface area (TPSA) is 43.1 Å². The summed E-state index contributed by atoms with van der Waals surface area (Å²) < 4.78 is 5.43. The van der Waals surface area contributed by atoms with Crippen LogP contribution in [-0.2, 0) is 0 Å². The van der Waals surface area contributed by atoms with E-state index in [-0.39, 0.29) is 5.63 Å². The second kappa shape index (κ2) is 5.65. The largest absolute Gasteiger partial charge is 0.403 e. The third kappa shape index (κ3) is 2.56. The predicted molar refractivity (Wildman–Crippen MR) is 94.0 cm³/mol. The van der Waals surface area contributed by atoms with Crippen LogP contribution in [0.3, 0.4) is 0 Å². The van der Waals surface area contributed by atoms with Gasteiger partial charge in [0.2, 0.25) is 5.89 Å². The first kappa shape index (κ1) is 14.2. The third-order valence-electron chi connectivity index (χ3n) is 3.54. The monoisotopic (exact) mass is 339 g/mol. The molecule has 0 unspecified atom stereocenters. The predicted octanol–water partition coefficient (Wildman–Crippen LogP) is 5.24. The summed E-state index contributed by atoms with van der Waals surface area (Å²) in [5.74, 6) is 0.306. The van der Waals surface area contributed by atoms with E-state index in [1.165, 1.54) is 11.3 Å². The number of halogens is 1. The summed E-state index contributed by atoms with van der Waals surface area (Å²) in [4.78, 5) is 17.6. The molecule has 0 aliphatic rings. The fourth-order valence-corrected chi connectivity index (χ4v) is 3.48. The third-order valence-corrected chi connectivity index (χ3v) is 4.67. The van der Waals surface area contributed by atoms with Gasteiger partial charge in [-0.2, -0.15) is 0 Å². The minimum Gasteiger partial charge on any atom is -0.403 e.